The molecule has 0 aromatic rings. The van der Waals surface area contributed by atoms with Crippen molar-refractivity contribution in [1.29, 1.82) is 0 Å². The standard InChI is InChI=1S/C13H24N2O3S/c1-11(2)15(7-3-5-12(16)17)13(18)14-6-4-9-19-10-8-14/h11H,3-10H2,1-2H3,(H,16,17). The molecule has 0 unspecified atom stereocenters. The van der Waals surface area contributed by atoms with E-state index in [0.29, 0.717) is 13.0 Å². The van der Waals surface area contributed by atoms with Crippen molar-refractivity contribution in [2.24, 2.45) is 0 Å². The first-order valence-electron chi connectivity index (χ1n) is 6.87. The zero-order valence-corrected chi connectivity index (χ0v) is 12.6. The lowest BCUT2D eigenvalue weighted by molar-refractivity contribution is -0.137. The van der Waals surface area contributed by atoms with Crippen LogP contribution in [-0.2, 0) is 4.79 Å². The van der Waals surface area contributed by atoms with Gasteiger partial charge in [0.25, 0.3) is 0 Å². The summed E-state index contributed by atoms with van der Waals surface area (Å²) in [5.74, 6) is 1.31. The van der Waals surface area contributed by atoms with Crippen molar-refractivity contribution in [2.45, 2.75) is 39.2 Å². The number of carboxylic acids is 1. The van der Waals surface area contributed by atoms with Crippen LogP contribution in [0.4, 0.5) is 4.79 Å². The average Bonchev–Trinajstić information content (AvgIpc) is 2.61. The van der Waals surface area contributed by atoms with Crippen molar-refractivity contribution in [3.8, 4) is 0 Å². The highest BCUT2D eigenvalue weighted by Gasteiger charge is 2.23. The lowest BCUT2D eigenvalue weighted by Gasteiger charge is -2.32. The molecule has 1 aliphatic heterocycles. The van der Waals surface area contributed by atoms with Gasteiger partial charge in [0.05, 0.1) is 0 Å². The number of carbonyl (C=O) groups excluding carboxylic acids is 1. The molecule has 0 aromatic heterocycles. The molecular weight excluding hydrogens is 264 g/mol. The molecule has 0 aliphatic carbocycles. The van der Waals surface area contributed by atoms with Crippen LogP contribution in [-0.4, -0.2) is 64.1 Å². The average molecular weight is 288 g/mol. The van der Waals surface area contributed by atoms with Crippen LogP contribution in [0.15, 0.2) is 0 Å². The first-order valence-corrected chi connectivity index (χ1v) is 8.03. The molecule has 1 aliphatic rings. The van der Waals surface area contributed by atoms with E-state index in [1.165, 1.54) is 0 Å². The van der Waals surface area contributed by atoms with Crippen molar-refractivity contribution < 1.29 is 14.7 Å². The summed E-state index contributed by atoms with van der Waals surface area (Å²) >= 11 is 1.89. The molecule has 0 aromatic carbocycles. The Hall–Kier alpha value is -0.910. The third-order valence-corrected chi connectivity index (χ3v) is 4.20. The Labute approximate surface area is 119 Å². The van der Waals surface area contributed by atoms with E-state index in [9.17, 15) is 9.59 Å². The van der Waals surface area contributed by atoms with E-state index in [-0.39, 0.29) is 18.5 Å². The lowest BCUT2D eigenvalue weighted by Crippen LogP contribution is -2.47. The molecule has 5 nitrogen and oxygen atoms in total. The van der Waals surface area contributed by atoms with Crippen LogP contribution in [0, 0.1) is 0 Å². The molecule has 1 saturated heterocycles. The minimum Gasteiger partial charge on any atom is -0.481 e. The Bertz CT molecular complexity index is 302. The van der Waals surface area contributed by atoms with Gasteiger partial charge in [0.2, 0.25) is 0 Å². The van der Waals surface area contributed by atoms with Crippen LogP contribution in [0.25, 0.3) is 0 Å². The van der Waals surface area contributed by atoms with Crippen LogP contribution >= 0.6 is 11.8 Å². The maximum atomic E-state index is 12.5. The smallest absolute Gasteiger partial charge is 0.320 e. The number of urea groups is 1. The zero-order valence-electron chi connectivity index (χ0n) is 11.8. The molecule has 110 valence electrons. The molecular formula is C13H24N2O3S. The number of aliphatic carboxylic acids is 1. The van der Waals surface area contributed by atoms with Crippen LogP contribution in [0.2, 0.25) is 0 Å². The van der Waals surface area contributed by atoms with E-state index in [2.05, 4.69) is 0 Å². The zero-order chi connectivity index (χ0) is 14.3. The molecule has 1 heterocycles. The van der Waals surface area contributed by atoms with Crippen LogP contribution < -0.4 is 0 Å². The van der Waals surface area contributed by atoms with E-state index in [4.69, 9.17) is 5.11 Å². The minimum absolute atomic E-state index is 0.0582. The van der Waals surface area contributed by atoms with Crippen molar-refractivity contribution in [1.82, 2.24) is 9.80 Å². The van der Waals surface area contributed by atoms with E-state index < -0.39 is 5.97 Å². The summed E-state index contributed by atoms with van der Waals surface area (Å²) in [4.78, 5) is 26.7. The number of hydrogen-bond acceptors (Lipinski definition) is 3. The monoisotopic (exact) mass is 288 g/mol. The Morgan fingerprint density at radius 1 is 1.32 bits per heavy atom. The normalized spacial score (nSPS) is 16.3. The van der Waals surface area contributed by atoms with Crippen molar-refractivity contribution >= 4 is 23.8 Å². The van der Waals surface area contributed by atoms with Crippen LogP contribution in [0.3, 0.4) is 0 Å². The predicted octanol–water partition coefficient (Wildman–Crippen LogP) is 2.12. The molecule has 2 amide bonds. The molecule has 19 heavy (non-hydrogen) atoms. The predicted molar refractivity (Wildman–Crippen MR) is 77.6 cm³/mol. The molecule has 1 N–H and O–H groups in total. The third-order valence-electron chi connectivity index (χ3n) is 3.15. The maximum absolute atomic E-state index is 12.5. The molecule has 0 atom stereocenters. The topological polar surface area (TPSA) is 60.9 Å². The van der Waals surface area contributed by atoms with Crippen molar-refractivity contribution in [3.05, 3.63) is 0 Å². The highest BCUT2D eigenvalue weighted by atomic mass is 32.2. The van der Waals surface area contributed by atoms with E-state index in [1.54, 1.807) is 4.90 Å². The van der Waals surface area contributed by atoms with Gasteiger partial charge in [-0.15, -0.1) is 0 Å². The summed E-state index contributed by atoms with van der Waals surface area (Å²) in [6, 6.07) is 0.167. The number of rotatable bonds is 5. The third kappa shape index (κ3) is 5.72. The molecule has 1 rings (SSSR count). The number of carbonyl (C=O) groups is 2. The van der Waals surface area contributed by atoms with Crippen LogP contribution in [0.5, 0.6) is 0 Å². The fourth-order valence-electron chi connectivity index (χ4n) is 2.09. The van der Waals surface area contributed by atoms with Gasteiger partial charge in [-0.3, -0.25) is 4.79 Å². The lowest BCUT2D eigenvalue weighted by atomic mass is 10.2. The summed E-state index contributed by atoms with van der Waals surface area (Å²) in [6.45, 7) is 6.09. The second kappa shape index (κ2) is 8.30. The van der Waals surface area contributed by atoms with Gasteiger partial charge in [0, 0.05) is 37.8 Å². The first kappa shape index (κ1) is 16.1. The Kier molecular flexibility index (Phi) is 7.05. The first-order chi connectivity index (χ1) is 9.02. The van der Waals surface area contributed by atoms with Crippen molar-refractivity contribution in [3.63, 3.8) is 0 Å². The van der Waals surface area contributed by atoms with E-state index in [0.717, 1.165) is 31.0 Å². The van der Waals surface area contributed by atoms with Crippen molar-refractivity contribution in [2.75, 3.05) is 31.1 Å². The number of thioether (sulfide) groups is 1. The van der Waals surface area contributed by atoms with Gasteiger partial charge < -0.3 is 14.9 Å². The number of carboxylic acid groups (broad SMARTS) is 1. The molecule has 6 heteroatoms. The molecule has 0 spiro atoms. The molecule has 1 fully saturated rings. The fraction of sp³-hybridized carbons (Fsp3) is 0.846. The van der Waals surface area contributed by atoms with Gasteiger partial charge in [0.1, 0.15) is 0 Å². The summed E-state index contributed by atoms with van der Waals surface area (Å²) < 4.78 is 0. The summed E-state index contributed by atoms with van der Waals surface area (Å²) in [5, 5.41) is 8.67. The molecule has 0 saturated carbocycles. The van der Waals surface area contributed by atoms with E-state index >= 15 is 0 Å². The largest absolute Gasteiger partial charge is 0.481 e. The summed E-state index contributed by atoms with van der Waals surface area (Å²) in [7, 11) is 0. The molecule has 0 radical (unpaired) electrons. The number of hydrogen-bond donors (Lipinski definition) is 1. The van der Waals surface area contributed by atoms with Gasteiger partial charge >= 0.3 is 12.0 Å². The fourth-order valence-corrected chi connectivity index (χ4v) is 2.98. The highest BCUT2D eigenvalue weighted by molar-refractivity contribution is 7.99. The van der Waals surface area contributed by atoms with Gasteiger partial charge in [-0.1, -0.05) is 0 Å². The summed E-state index contributed by atoms with van der Waals surface area (Å²) in [5.41, 5.74) is 0. The number of amides is 2. The Balaban J connectivity index is 2.53. The number of nitrogens with zero attached hydrogens (tertiary/aromatic N) is 2. The molecule has 0 bridgehead atoms. The van der Waals surface area contributed by atoms with Gasteiger partial charge in [-0.05, 0) is 32.4 Å². The van der Waals surface area contributed by atoms with Gasteiger partial charge in [-0.25, -0.2) is 4.79 Å². The second-order valence-corrected chi connectivity index (χ2v) is 6.24. The second-order valence-electron chi connectivity index (χ2n) is 5.02. The van der Waals surface area contributed by atoms with Crippen LogP contribution in [0.1, 0.15) is 33.1 Å². The maximum Gasteiger partial charge on any atom is 0.320 e. The van der Waals surface area contributed by atoms with E-state index in [1.807, 2.05) is 30.5 Å². The Morgan fingerprint density at radius 2 is 2.05 bits per heavy atom. The van der Waals surface area contributed by atoms with Gasteiger partial charge in [0.15, 0.2) is 0 Å². The highest BCUT2D eigenvalue weighted by Crippen LogP contribution is 2.13. The van der Waals surface area contributed by atoms with Gasteiger partial charge in [-0.2, -0.15) is 11.8 Å². The minimum atomic E-state index is -0.803. The Morgan fingerprint density at radius 3 is 2.68 bits per heavy atom. The quantitative estimate of drug-likeness (QED) is 0.842. The SMILES string of the molecule is CC(C)N(CCCC(=O)O)C(=O)N1CCCSCC1. The summed E-state index contributed by atoms with van der Waals surface area (Å²) in [6.07, 6.45) is 1.67.